The first-order valence-corrected chi connectivity index (χ1v) is 7.29. The maximum atomic E-state index is 6.31. The molecule has 2 saturated carbocycles. The third-order valence-corrected chi connectivity index (χ3v) is 5.57. The SMILES string of the molecule is Cn1cc(CCC2(CCl)CC3CCC2C3)cn1. The molecule has 0 amide bonds. The Morgan fingerprint density at radius 1 is 1.53 bits per heavy atom. The number of fused-ring (bicyclic) bond motifs is 2. The Hall–Kier alpha value is -0.500. The molecule has 2 fully saturated rings. The maximum Gasteiger partial charge on any atom is 0.0521 e. The Morgan fingerprint density at radius 3 is 2.94 bits per heavy atom. The van der Waals surface area contributed by atoms with Gasteiger partial charge >= 0.3 is 0 Å². The van der Waals surface area contributed by atoms with Crippen molar-refractivity contribution in [3.05, 3.63) is 18.0 Å². The highest BCUT2D eigenvalue weighted by Gasteiger charge is 2.49. The number of hydrogen-bond donors (Lipinski definition) is 0. The van der Waals surface area contributed by atoms with Crippen molar-refractivity contribution in [2.24, 2.45) is 24.3 Å². The monoisotopic (exact) mass is 252 g/mol. The minimum atomic E-state index is 0.445. The highest BCUT2D eigenvalue weighted by Crippen LogP contribution is 2.58. The van der Waals surface area contributed by atoms with E-state index in [1.165, 1.54) is 37.7 Å². The van der Waals surface area contributed by atoms with E-state index in [4.69, 9.17) is 11.6 Å². The van der Waals surface area contributed by atoms with Gasteiger partial charge in [-0.2, -0.15) is 5.10 Å². The summed E-state index contributed by atoms with van der Waals surface area (Å²) in [7, 11) is 1.98. The molecule has 1 aromatic heterocycles. The average molecular weight is 253 g/mol. The van der Waals surface area contributed by atoms with Crippen molar-refractivity contribution in [1.82, 2.24) is 9.78 Å². The van der Waals surface area contributed by atoms with E-state index < -0.39 is 0 Å². The molecule has 0 spiro atoms. The number of halogens is 1. The van der Waals surface area contributed by atoms with E-state index in [0.29, 0.717) is 5.41 Å². The van der Waals surface area contributed by atoms with E-state index in [9.17, 15) is 0 Å². The van der Waals surface area contributed by atoms with Gasteiger partial charge in [0.15, 0.2) is 0 Å². The van der Waals surface area contributed by atoms with Crippen LogP contribution in [0.2, 0.25) is 0 Å². The number of alkyl halides is 1. The third-order valence-electron chi connectivity index (χ3n) is 5.04. The summed E-state index contributed by atoms with van der Waals surface area (Å²) in [6.07, 6.45) is 12.2. The van der Waals surface area contributed by atoms with Crippen LogP contribution in [-0.4, -0.2) is 15.7 Å². The number of aromatic nitrogens is 2. The summed E-state index contributed by atoms with van der Waals surface area (Å²) in [6.45, 7) is 0. The third kappa shape index (κ3) is 2.01. The van der Waals surface area contributed by atoms with E-state index in [1.54, 1.807) is 0 Å². The van der Waals surface area contributed by atoms with Gasteiger partial charge in [0, 0.05) is 19.1 Å². The van der Waals surface area contributed by atoms with Gasteiger partial charge in [0.1, 0.15) is 0 Å². The summed E-state index contributed by atoms with van der Waals surface area (Å²) < 4.78 is 1.89. The molecule has 3 heteroatoms. The van der Waals surface area contributed by atoms with Crippen LogP contribution in [0, 0.1) is 17.3 Å². The van der Waals surface area contributed by atoms with E-state index in [-0.39, 0.29) is 0 Å². The minimum absolute atomic E-state index is 0.445. The molecule has 2 aliphatic rings. The van der Waals surface area contributed by atoms with E-state index in [0.717, 1.165) is 24.1 Å². The van der Waals surface area contributed by atoms with Crippen LogP contribution in [0.4, 0.5) is 0 Å². The van der Waals surface area contributed by atoms with Gasteiger partial charge in [0.2, 0.25) is 0 Å². The normalized spacial score (nSPS) is 35.6. The van der Waals surface area contributed by atoms with Crippen molar-refractivity contribution in [2.45, 2.75) is 38.5 Å². The molecule has 17 heavy (non-hydrogen) atoms. The highest BCUT2D eigenvalue weighted by molar-refractivity contribution is 6.18. The van der Waals surface area contributed by atoms with Gasteiger partial charge in [-0.1, -0.05) is 6.42 Å². The lowest BCUT2D eigenvalue weighted by Gasteiger charge is -2.36. The molecule has 1 aromatic rings. The summed E-state index contributed by atoms with van der Waals surface area (Å²) in [5, 5.41) is 4.24. The summed E-state index contributed by atoms with van der Waals surface area (Å²) >= 11 is 6.31. The van der Waals surface area contributed by atoms with Crippen LogP contribution in [0.15, 0.2) is 12.4 Å². The second-order valence-electron chi connectivity index (χ2n) is 6.10. The summed E-state index contributed by atoms with van der Waals surface area (Å²) in [6, 6.07) is 0. The summed E-state index contributed by atoms with van der Waals surface area (Å²) in [5.41, 5.74) is 1.81. The van der Waals surface area contributed by atoms with Crippen LogP contribution in [0.1, 0.15) is 37.7 Å². The lowest BCUT2D eigenvalue weighted by atomic mass is 9.71. The van der Waals surface area contributed by atoms with Gasteiger partial charge in [-0.15, -0.1) is 11.6 Å². The molecular formula is C14H21ClN2. The Labute approximate surface area is 108 Å². The van der Waals surface area contributed by atoms with Crippen LogP contribution in [0.5, 0.6) is 0 Å². The second-order valence-corrected chi connectivity index (χ2v) is 6.37. The van der Waals surface area contributed by atoms with Crippen LogP contribution < -0.4 is 0 Å². The number of rotatable bonds is 4. The summed E-state index contributed by atoms with van der Waals surface area (Å²) in [4.78, 5) is 0. The van der Waals surface area contributed by atoms with Gasteiger partial charge in [-0.05, 0) is 54.9 Å². The van der Waals surface area contributed by atoms with Crippen molar-refractivity contribution in [2.75, 3.05) is 5.88 Å². The maximum absolute atomic E-state index is 6.31. The minimum Gasteiger partial charge on any atom is -0.276 e. The van der Waals surface area contributed by atoms with Crippen molar-refractivity contribution < 1.29 is 0 Å². The fourth-order valence-corrected chi connectivity index (χ4v) is 4.55. The zero-order valence-corrected chi connectivity index (χ0v) is 11.3. The standard InChI is InChI=1S/C14H21ClN2/c1-17-9-12(8-16-17)4-5-14(10-15)7-11-2-3-13(14)6-11/h8-9,11,13H,2-7,10H2,1H3. The Balaban J connectivity index is 1.67. The zero-order chi connectivity index (χ0) is 11.9. The fourth-order valence-electron chi connectivity index (χ4n) is 4.09. The van der Waals surface area contributed by atoms with Gasteiger partial charge in [0.05, 0.1) is 6.20 Å². The average Bonchev–Trinajstić information content (AvgIpc) is 3.01. The predicted molar refractivity (Wildman–Crippen MR) is 70.1 cm³/mol. The predicted octanol–water partition coefficient (Wildman–Crippen LogP) is 3.40. The van der Waals surface area contributed by atoms with Crippen molar-refractivity contribution in [1.29, 1.82) is 0 Å². The van der Waals surface area contributed by atoms with Gasteiger partial charge in [-0.25, -0.2) is 0 Å². The fraction of sp³-hybridized carbons (Fsp3) is 0.786. The van der Waals surface area contributed by atoms with Gasteiger partial charge in [0.25, 0.3) is 0 Å². The lowest BCUT2D eigenvalue weighted by Crippen LogP contribution is -2.30. The smallest absolute Gasteiger partial charge is 0.0521 e. The Kier molecular flexibility index (Phi) is 2.94. The number of nitrogens with zero attached hydrogens (tertiary/aromatic N) is 2. The molecule has 0 N–H and O–H groups in total. The molecule has 3 rings (SSSR count). The van der Waals surface area contributed by atoms with Gasteiger partial charge < -0.3 is 0 Å². The molecule has 2 bridgehead atoms. The van der Waals surface area contributed by atoms with Gasteiger partial charge in [-0.3, -0.25) is 4.68 Å². The Morgan fingerprint density at radius 2 is 2.41 bits per heavy atom. The molecule has 2 aliphatic carbocycles. The molecule has 2 nitrogen and oxygen atoms in total. The first-order chi connectivity index (χ1) is 8.22. The Bertz CT molecular complexity index is 401. The molecule has 0 radical (unpaired) electrons. The quantitative estimate of drug-likeness (QED) is 0.751. The molecule has 0 aromatic carbocycles. The van der Waals surface area contributed by atoms with Crippen LogP contribution >= 0.6 is 11.6 Å². The van der Waals surface area contributed by atoms with Crippen LogP contribution in [-0.2, 0) is 13.5 Å². The van der Waals surface area contributed by atoms with E-state index >= 15 is 0 Å². The lowest BCUT2D eigenvalue weighted by molar-refractivity contribution is 0.178. The van der Waals surface area contributed by atoms with Crippen LogP contribution in [0.3, 0.4) is 0 Å². The van der Waals surface area contributed by atoms with Crippen molar-refractivity contribution in [3.8, 4) is 0 Å². The topological polar surface area (TPSA) is 17.8 Å². The van der Waals surface area contributed by atoms with Crippen molar-refractivity contribution in [3.63, 3.8) is 0 Å². The molecule has 0 saturated heterocycles. The molecule has 0 aliphatic heterocycles. The van der Waals surface area contributed by atoms with E-state index in [1.807, 2.05) is 17.9 Å². The molecule has 3 atom stereocenters. The van der Waals surface area contributed by atoms with Crippen molar-refractivity contribution >= 4 is 11.6 Å². The van der Waals surface area contributed by atoms with E-state index in [2.05, 4.69) is 11.3 Å². The molecule has 94 valence electrons. The summed E-state index contributed by atoms with van der Waals surface area (Å²) in [5.74, 6) is 2.74. The number of aryl methyl sites for hydroxylation is 2. The second kappa shape index (κ2) is 4.31. The first-order valence-electron chi connectivity index (χ1n) is 6.75. The highest BCUT2D eigenvalue weighted by atomic mass is 35.5. The zero-order valence-electron chi connectivity index (χ0n) is 10.5. The first kappa shape index (κ1) is 11.6. The van der Waals surface area contributed by atoms with Crippen LogP contribution in [0.25, 0.3) is 0 Å². The molecule has 3 unspecified atom stereocenters. The molecular weight excluding hydrogens is 232 g/mol. The number of hydrogen-bond acceptors (Lipinski definition) is 1. The molecule has 1 heterocycles. The largest absolute Gasteiger partial charge is 0.276 e.